The minimum Gasteiger partial charge on any atom is -0.367 e. The zero-order valence-corrected chi connectivity index (χ0v) is 19.6. The number of anilines is 2. The second-order valence-electron chi connectivity index (χ2n) is 8.98. The first-order valence-corrected chi connectivity index (χ1v) is 12.3. The number of likely N-dealkylation sites (tertiary alicyclic amines) is 1. The average molecular weight is 437 g/mol. The van der Waals surface area contributed by atoms with Gasteiger partial charge in [-0.3, -0.25) is 4.90 Å². The molecule has 3 aromatic heterocycles. The zero-order chi connectivity index (χ0) is 21.4. The van der Waals surface area contributed by atoms with Crippen molar-refractivity contribution in [2.24, 2.45) is 0 Å². The third-order valence-corrected chi connectivity index (χ3v) is 7.76. The minimum absolute atomic E-state index is 0.456. The number of nitrogens with one attached hydrogen (secondary N) is 1. The fourth-order valence-electron chi connectivity index (χ4n) is 4.78. The van der Waals surface area contributed by atoms with Crippen LogP contribution in [0.25, 0.3) is 10.2 Å². The maximum Gasteiger partial charge on any atom is 0.146 e. The lowest BCUT2D eigenvalue weighted by atomic mass is 10.0. The van der Waals surface area contributed by atoms with Crippen LogP contribution in [-0.2, 0) is 6.54 Å². The van der Waals surface area contributed by atoms with Gasteiger partial charge in [0.1, 0.15) is 22.3 Å². The van der Waals surface area contributed by atoms with Gasteiger partial charge in [-0.15, -0.1) is 11.3 Å². The molecule has 0 unspecified atom stereocenters. The highest BCUT2D eigenvalue weighted by Crippen LogP contribution is 2.36. The van der Waals surface area contributed by atoms with Gasteiger partial charge in [-0.25, -0.2) is 15.0 Å². The van der Waals surface area contributed by atoms with Crippen LogP contribution >= 0.6 is 11.3 Å². The molecule has 164 valence electrons. The van der Waals surface area contributed by atoms with Gasteiger partial charge in [-0.1, -0.05) is 6.07 Å². The fourth-order valence-corrected chi connectivity index (χ4v) is 5.82. The molecule has 5 rings (SSSR count). The van der Waals surface area contributed by atoms with Crippen molar-refractivity contribution in [1.29, 1.82) is 0 Å². The number of hydrogen-bond donors (Lipinski definition) is 1. The minimum atomic E-state index is 0.456. The predicted octanol–water partition coefficient (Wildman–Crippen LogP) is 4.69. The molecule has 2 aliphatic heterocycles. The number of nitrogens with zero attached hydrogens (tertiary/aromatic N) is 5. The molecule has 0 atom stereocenters. The summed E-state index contributed by atoms with van der Waals surface area (Å²) >= 11 is 1.82. The van der Waals surface area contributed by atoms with E-state index in [1.165, 1.54) is 41.8 Å². The monoisotopic (exact) mass is 436 g/mol. The van der Waals surface area contributed by atoms with Crippen LogP contribution in [0.15, 0.2) is 18.2 Å². The summed E-state index contributed by atoms with van der Waals surface area (Å²) in [7, 11) is 0. The topological polar surface area (TPSA) is 57.2 Å². The van der Waals surface area contributed by atoms with E-state index in [1.54, 1.807) is 0 Å². The normalized spacial score (nSPS) is 18.2. The predicted molar refractivity (Wildman–Crippen MR) is 129 cm³/mol. The second kappa shape index (κ2) is 8.71. The number of hydrogen-bond acceptors (Lipinski definition) is 7. The van der Waals surface area contributed by atoms with E-state index in [0.29, 0.717) is 6.04 Å². The Balaban J connectivity index is 1.36. The van der Waals surface area contributed by atoms with Crippen LogP contribution < -0.4 is 10.2 Å². The second-order valence-corrected chi connectivity index (χ2v) is 10.2. The molecule has 2 fully saturated rings. The standard InChI is InChI=1S/C24H32N6S/c1-16-7-6-8-20(25-16)26-19-9-13-30(14-10-19)23-22-17(2)18(3)31-24(22)28-21(27-23)15-29-11-4-5-12-29/h6-8,19H,4-5,9-15H2,1-3H3,(H,25,26). The summed E-state index contributed by atoms with van der Waals surface area (Å²) in [5.41, 5.74) is 2.39. The molecular weight excluding hydrogens is 404 g/mol. The maximum absolute atomic E-state index is 5.13. The van der Waals surface area contributed by atoms with Gasteiger partial charge >= 0.3 is 0 Å². The Morgan fingerprint density at radius 3 is 2.52 bits per heavy atom. The molecule has 6 nitrogen and oxygen atoms in total. The van der Waals surface area contributed by atoms with Gasteiger partial charge in [-0.05, 0) is 77.2 Å². The summed E-state index contributed by atoms with van der Waals surface area (Å²) in [6.07, 6.45) is 4.76. The lowest BCUT2D eigenvalue weighted by molar-refractivity contribution is 0.323. The van der Waals surface area contributed by atoms with Crippen molar-refractivity contribution >= 4 is 33.2 Å². The molecule has 0 aliphatic carbocycles. The molecule has 0 saturated carbocycles. The largest absolute Gasteiger partial charge is 0.367 e. The quantitative estimate of drug-likeness (QED) is 0.626. The molecule has 0 radical (unpaired) electrons. The molecule has 0 spiro atoms. The van der Waals surface area contributed by atoms with Crippen LogP contribution in [0.3, 0.4) is 0 Å². The van der Waals surface area contributed by atoms with E-state index in [2.05, 4.69) is 46.1 Å². The lowest BCUT2D eigenvalue weighted by Crippen LogP contribution is -2.40. The number of thiophene rings is 1. The highest BCUT2D eigenvalue weighted by molar-refractivity contribution is 7.18. The van der Waals surface area contributed by atoms with Crippen LogP contribution in [-0.4, -0.2) is 52.1 Å². The van der Waals surface area contributed by atoms with Crippen LogP contribution in [0.5, 0.6) is 0 Å². The first-order valence-electron chi connectivity index (χ1n) is 11.5. The van der Waals surface area contributed by atoms with Gasteiger partial charge in [0.05, 0.1) is 11.9 Å². The Morgan fingerprint density at radius 1 is 1.00 bits per heavy atom. The van der Waals surface area contributed by atoms with Gasteiger partial charge < -0.3 is 10.2 Å². The van der Waals surface area contributed by atoms with E-state index in [1.807, 2.05) is 24.3 Å². The van der Waals surface area contributed by atoms with Crippen LogP contribution in [0.4, 0.5) is 11.6 Å². The Morgan fingerprint density at radius 2 is 1.77 bits per heavy atom. The Labute approximate surface area is 188 Å². The number of aromatic nitrogens is 3. The first-order chi connectivity index (χ1) is 15.1. The molecule has 0 amide bonds. The van der Waals surface area contributed by atoms with Crippen LogP contribution in [0.2, 0.25) is 0 Å². The molecule has 5 heterocycles. The molecule has 1 N–H and O–H groups in total. The summed E-state index contributed by atoms with van der Waals surface area (Å²) in [4.78, 5) is 22.2. The van der Waals surface area contributed by atoms with Gasteiger partial charge in [-0.2, -0.15) is 0 Å². The average Bonchev–Trinajstić information content (AvgIpc) is 3.36. The molecule has 0 aromatic carbocycles. The third kappa shape index (κ3) is 4.39. The van der Waals surface area contributed by atoms with Crippen molar-refractivity contribution < 1.29 is 0 Å². The van der Waals surface area contributed by atoms with Gasteiger partial charge in [0.2, 0.25) is 0 Å². The van der Waals surface area contributed by atoms with E-state index in [0.717, 1.165) is 60.5 Å². The summed E-state index contributed by atoms with van der Waals surface area (Å²) in [6.45, 7) is 11.7. The van der Waals surface area contributed by atoms with Gasteiger partial charge in [0, 0.05) is 29.7 Å². The Bertz CT molecular complexity index is 1060. The number of aryl methyl sites for hydroxylation is 3. The van der Waals surface area contributed by atoms with Crippen molar-refractivity contribution in [3.05, 3.63) is 40.2 Å². The van der Waals surface area contributed by atoms with E-state index in [9.17, 15) is 0 Å². The molecule has 2 saturated heterocycles. The summed E-state index contributed by atoms with van der Waals surface area (Å²) < 4.78 is 0. The Kier molecular flexibility index (Phi) is 5.80. The third-order valence-electron chi connectivity index (χ3n) is 6.65. The summed E-state index contributed by atoms with van der Waals surface area (Å²) in [6, 6.07) is 6.63. The summed E-state index contributed by atoms with van der Waals surface area (Å²) in [5, 5.41) is 4.89. The molecule has 2 aliphatic rings. The van der Waals surface area contributed by atoms with Crippen molar-refractivity contribution in [1.82, 2.24) is 19.9 Å². The van der Waals surface area contributed by atoms with E-state index in [4.69, 9.17) is 9.97 Å². The molecule has 31 heavy (non-hydrogen) atoms. The smallest absolute Gasteiger partial charge is 0.146 e. The highest BCUT2D eigenvalue weighted by Gasteiger charge is 2.25. The zero-order valence-electron chi connectivity index (χ0n) is 18.8. The van der Waals surface area contributed by atoms with Crippen LogP contribution in [0, 0.1) is 20.8 Å². The highest BCUT2D eigenvalue weighted by atomic mass is 32.1. The van der Waals surface area contributed by atoms with E-state index in [-0.39, 0.29) is 0 Å². The van der Waals surface area contributed by atoms with Gasteiger partial charge in [0.25, 0.3) is 0 Å². The Hall–Kier alpha value is -2.25. The van der Waals surface area contributed by atoms with Crippen LogP contribution in [0.1, 0.15) is 47.6 Å². The number of piperidine rings is 1. The lowest BCUT2D eigenvalue weighted by Gasteiger charge is -2.34. The van der Waals surface area contributed by atoms with Crippen molar-refractivity contribution in [3.8, 4) is 0 Å². The first kappa shape index (κ1) is 20.6. The molecular formula is C24H32N6S. The maximum atomic E-state index is 5.13. The van der Waals surface area contributed by atoms with Crippen molar-refractivity contribution in [3.63, 3.8) is 0 Å². The summed E-state index contributed by atoms with van der Waals surface area (Å²) in [5.74, 6) is 3.11. The van der Waals surface area contributed by atoms with Crippen molar-refractivity contribution in [2.45, 2.75) is 59.0 Å². The van der Waals surface area contributed by atoms with Gasteiger partial charge in [0.15, 0.2) is 0 Å². The SMILES string of the molecule is Cc1cccc(NC2CCN(c3nc(CN4CCCC4)nc4sc(C)c(C)c34)CC2)n1. The van der Waals surface area contributed by atoms with Crippen molar-refractivity contribution in [2.75, 3.05) is 36.4 Å². The number of pyridine rings is 1. The molecule has 7 heteroatoms. The van der Waals surface area contributed by atoms with E-state index < -0.39 is 0 Å². The molecule has 0 bridgehead atoms. The molecule has 3 aromatic rings. The number of fused-ring (bicyclic) bond motifs is 1. The van der Waals surface area contributed by atoms with E-state index >= 15 is 0 Å². The number of rotatable bonds is 5. The fraction of sp³-hybridized carbons (Fsp3) is 0.542.